The highest BCUT2D eigenvalue weighted by molar-refractivity contribution is 5.73. The monoisotopic (exact) mass is 169 g/mol. The normalized spacial score (nSPS) is 9.42. The number of aldehydes is 1. The Hall–Kier alpha value is -1.69. The van der Waals surface area contributed by atoms with Gasteiger partial charge in [0, 0.05) is 6.20 Å². The van der Waals surface area contributed by atoms with Gasteiger partial charge in [-0.15, -0.1) is 0 Å². The second kappa shape index (κ2) is 3.63. The number of anilines is 1. The van der Waals surface area contributed by atoms with Gasteiger partial charge in [-0.25, -0.2) is 10.5 Å². The third-order valence-electron chi connectivity index (χ3n) is 1.15. The Balaban J connectivity index is 3.02. The van der Waals surface area contributed by atoms with Crippen LogP contribution in [-0.4, -0.2) is 23.4 Å². The number of H-pyrrole nitrogens is 1. The molecule has 0 aliphatic heterocycles. The van der Waals surface area contributed by atoms with Crippen LogP contribution in [0, 0.1) is 0 Å². The van der Waals surface area contributed by atoms with Crippen molar-refractivity contribution in [3.05, 3.63) is 22.1 Å². The van der Waals surface area contributed by atoms with Gasteiger partial charge in [0.1, 0.15) is 0 Å². The van der Waals surface area contributed by atoms with Gasteiger partial charge in [-0.3, -0.25) is 19.4 Å². The Morgan fingerprint density at radius 1 is 1.75 bits per heavy atom. The number of aromatic amines is 1. The molecular weight excluding hydrogens is 162 g/mol. The molecule has 0 spiro atoms. The molecule has 6 heteroatoms. The molecule has 0 aliphatic rings. The van der Waals surface area contributed by atoms with E-state index in [0.29, 0.717) is 6.29 Å². The lowest BCUT2D eigenvalue weighted by Gasteiger charge is -1.99. The summed E-state index contributed by atoms with van der Waals surface area (Å²) >= 11 is 0. The highest BCUT2D eigenvalue weighted by atomic mass is 16.6. The molecule has 0 atom stereocenters. The van der Waals surface area contributed by atoms with Crippen molar-refractivity contribution in [3.8, 4) is 0 Å². The molecule has 64 valence electrons. The smallest absolute Gasteiger partial charge is 0.262 e. The van der Waals surface area contributed by atoms with Crippen LogP contribution in [0.15, 0.2) is 11.0 Å². The highest BCUT2D eigenvalue weighted by Crippen LogP contribution is 1.91. The van der Waals surface area contributed by atoms with Crippen molar-refractivity contribution in [2.45, 2.75) is 0 Å². The van der Waals surface area contributed by atoms with Crippen molar-refractivity contribution in [2.24, 2.45) is 0 Å². The van der Waals surface area contributed by atoms with Gasteiger partial charge in [0.15, 0.2) is 6.29 Å². The summed E-state index contributed by atoms with van der Waals surface area (Å²) in [7, 11) is 1.38. The molecule has 0 radical (unpaired) electrons. The van der Waals surface area contributed by atoms with Crippen LogP contribution in [0.3, 0.4) is 0 Å². The predicted molar refractivity (Wildman–Crippen MR) is 40.9 cm³/mol. The number of hydrogen-bond donors (Lipinski definition) is 2. The number of carbonyl (C=O) groups is 1. The van der Waals surface area contributed by atoms with Gasteiger partial charge in [0.2, 0.25) is 5.95 Å². The van der Waals surface area contributed by atoms with Crippen molar-refractivity contribution >= 4 is 12.2 Å². The number of nitrogens with zero attached hydrogens (tertiary/aromatic N) is 1. The molecule has 0 fully saturated rings. The first-order chi connectivity index (χ1) is 5.77. The Morgan fingerprint density at radius 3 is 3.00 bits per heavy atom. The molecule has 0 bridgehead atoms. The fourth-order valence-corrected chi connectivity index (χ4v) is 0.637. The predicted octanol–water partition coefficient (Wildman–Crippen LogP) is -0.444. The van der Waals surface area contributed by atoms with E-state index >= 15 is 0 Å². The molecule has 1 aromatic rings. The molecule has 0 saturated heterocycles. The highest BCUT2D eigenvalue weighted by Gasteiger charge is 1.99. The lowest BCUT2D eigenvalue weighted by atomic mass is 10.4. The van der Waals surface area contributed by atoms with Gasteiger partial charge in [-0.1, -0.05) is 0 Å². The molecule has 0 amide bonds. The van der Waals surface area contributed by atoms with E-state index in [1.54, 1.807) is 0 Å². The van der Waals surface area contributed by atoms with Crippen LogP contribution in [0.4, 0.5) is 5.95 Å². The summed E-state index contributed by atoms with van der Waals surface area (Å²) in [5.41, 5.74) is 1.80. The summed E-state index contributed by atoms with van der Waals surface area (Å²) in [6.45, 7) is 0. The molecule has 0 aromatic carbocycles. The molecule has 0 aliphatic carbocycles. The average molecular weight is 169 g/mol. The fourth-order valence-electron chi connectivity index (χ4n) is 0.637. The van der Waals surface area contributed by atoms with Crippen LogP contribution in [-0.2, 0) is 4.84 Å². The third kappa shape index (κ3) is 1.67. The Kier molecular flexibility index (Phi) is 2.54. The molecule has 0 saturated carbocycles. The van der Waals surface area contributed by atoms with E-state index in [9.17, 15) is 9.59 Å². The minimum atomic E-state index is -0.500. The van der Waals surface area contributed by atoms with Crippen molar-refractivity contribution in [3.63, 3.8) is 0 Å². The first-order valence-corrected chi connectivity index (χ1v) is 3.11. The molecule has 2 N–H and O–H groups in total. The number of rotatable bonds is 3. The molecule has 0 unspecified atom stereocenters. The minimum Gasteiger partial charge on any atom is -0.298 e. The quantitative estimate of drug-likeness (QED) is 0.473. The number of aromatic nitrogens is 2. The number of nitrogens with one attached hydrogen (secondary N) is 2. The minimum absolute atomic E-state index is 0.0170. The van der Waals surface area contributed by atoms with Crippen molar-refractivity contribution in [2.75, 3.05) is 12.6 Å². The van der Waals surface area contributed by atoms with Gasteiger partial charge < -0.3 is 0 Å². The van der Waals surface area contributed by atoms with Crippen LogP contribution >= 0.6 is 0 Å². The van der Waals surface area contributed by atoms with Gasteiger partial charge in [0.05, 0.1) is 12.7 Å². The van der Waals surface area contributed by atoms with E-state index in [2.05, 4.69) is 20.3 Å². The van der Waals surface area contributed by atoms with Gasteiger partial charge in [-0.05, 0) is 0 Å². The summed E-state index contributed by atoms with van der Waals surface area (Å²) in [6.07, 6.45) is 1.59. The largest absolute Gasteiger partial charge is 0.298 e. The average Bonchev–Trinajstić information content (AvgIpc) is 2.05. The zero-order valence-corrected chi connectivity index (χ0v) is 6.33. The second-order valence-corrected chi connectivity index (χ2v) is 1.94. The van der Waals surface area contributed by atoms with Crippen molar-refractivity contribution in [1.82, 2.24) is 9.97 Å². The lowest BCUT2D eigenvalue weighted by molar-refractivity contribution is 0.112. The summed E-state index contributed by atoms with van der Waals surface area (Å²) in [5, 5.41) is 0. The zero-order chi connectivity index (χ0) is 8.97. The maximum atomic E-state index is 10.9. The summed E-state index contributed by atoms with van der Waals surface area (Å²) < 4.78 is 0. The number of carbonyl (C=O) groups excluding carboxylic acids is 1. The second-order valence-electron chi connectivity index (χ2n) is 1.94. The summed E-state index contributed by atoms with van der Waals surface area (Å²) in [6, 6.07) is 0. The Labute approximate surface area is 67.5 Å². The fraction of sp³-hybridized carbons (Fsp3) is 0.167. The molecular formula is C6H7N3O3. The van der Waals surface area contributed by atoms with E-state index in [4.69, 9.17) is 0 Å². The van der Waals surface area contributed by atoms with Crippen LogP contribution in [0.1, 0.15) is 10.4 Å². The first kappa shape index (κ1) is 8.41. The van der Waals surface area contributed by atoms with Crippen molar-refractivity contribution < 1.29 is 9.63 Å². The zero-order valence-electron chi connectivity index (χ0n) is 6.33. The third-order valence-corrected chi connectivity index (χ3v) is 1.15. The van der Waals surface area contributed by atoms with Crippen LogP contribution in [0.2, 0.25) is 0 Å². The Bertz CT molecular complexity index is 333. The SMILES string of the molecule is CONc1ncc(C=O)c(=O)[nH]1. The van der Waals surface area contributed by atoms with E-state index in [-0.39, 0.29) is 11.5 Å². The van der Waals surface area contributed by atoms with E-state index in [1.165, 1.54) is 7.11 Å². The summed E-state index contributed by atoms with van der Waals surface area (Å²) in [5.74, 6) is 0.160. The molecule has 1 heterocycles. The standard InChI is InChI=1S/C6H7N3O3/c1-12-9-6-7-2-4(3-10)5(11)8-6/h2-3H,1H3,(H2,7,8,9,11). The maximum absolute atomic E-state index is 10.9. The maximum Gasteiger partial charge on any atom is 0.262 e. The molecule has 1 rings (SSSR count). The van der Waals surface area contributed by atoms with E-state index < -0.39 is 5.56 Å². The lowest BCUT2D eigenvalue weighted by Crippen LogP contribution is -2.15. The molecule has 6 nitrogen and oxygen atoms in total. The summed E-state index contributed by atoms with van der Waals surface area (Å²) in [4.78, 5) is 31.6. The topological polar surface area (TPSA) is 84.1 Å². The number of hydrogen-bond acceptors (Lipinski definition) is 5. The van der Waals surface area contributed by atoms with Crippen LogP contribution in [0.25, 0.3) is 0 Å². The van der Waals surface area contributed by atoms with E-state index in [0.717, 1.165) is 6.20 Å². The molecule has 12 heavy (non-hydrogen) atoms. The molecule has 1 aromatic heterocycles. The first-order valence-electron chi connectivity index (χ1n) is 3.11. The van der Waals surface area contributed by atoms with Gasteiger partial charge >= 0.3 is 0 Å². The van der Waals surface area contributed by atoms with Crippen LogP contribution < -0.4 is 11.0 Å². The van der Waals surface area contributed by atoms with E-state index in [1.807, 2.05) is 0 Å². The Morgan fingerprint density at radius 2 is 2.50 bits per heavy atom. The van der Waals surface area contributed by atoms with Crippen LogP contribution in [0.5, 0.6) is 0 Å². The van der Waals surface area contributed by atoms with Gasteiger partial charge in [0.25, 0.3) is 5.56 Å². The van der Waals surface area contributed by atoms with Gasteiger partial charge in [-0.2, -0.15) is 0 Å². The van der Waals surface area contributed by atoms with Crippen molar-refractivity contribution in [1.29, 1.82) is 0 Å².